The Morgan fingerprint density at radius 1 is 0.944 bits per heavy atom. The molecular formula is C14H13FO2S. The highest BCUT2D eigenvalue weighted by Gasteiger charge is 2.14. The van der Waals surface area contributed by atoms with E-state index in [4.69, 9.17) is 0 Å². The Hall–Kier alpha value is -1.68. The maximum absolute atomic E-state index is 13.0. The van der Waals surface area contributed by atoms with Crippen molar-refractivity contribution < 1.29 is 12.8 Å². The molecule has 0 fully saturated rings. The molecule has 0 bridgehead atoms. The Morgan fingerprint density at radius 3 is 2.33 bits per heavy atom. The number of benzene rings is 2. The van der Waals surface area contributed by atoms with Gasteiger partial charge in [0.05, 0.1) is 10.6 Å². The molecule has 18 heavy (non-hydrogen) atoms. The van der Waals surface area contributed by atoms with Gasteiger partial charge in [0.25, 0.3) is 0 Å². The number of halogens is 1. The van der Waals surface area contributed by atoms with Crippen LogP contribution in [0, 0.1) is 5.82 Å². The first kappa shape index (κ1) is 12.8. The Balaban J connectivity index is 2.13. The first-order valence-corrected chi connectivity index (χ1v) is 7.25. The highest BCUT2D eigenvalue weighted by molar-refractivity contribution is 7.91. The zero-order valence-electron chi connectivity index (χ0n) is 9.71. The van der Waals surface area contributed by atoms with Crippen molar-refractivity contribution in [2.24, 2.45) is 0 Å². The molecule has 0 amide bonds. The Morgan fingerprint density at radius 2 is 1.67 bits per heavy atom. The number of hydrogen-bond acceptors (Lipinski definition) is 2. The van der Waals surface area contributed by atoms with E-state index in [0.717, 1.165) is 11.6 Å². The Labute approximate surface area is 106 Å². The van der Waals surface area contributed by atoms with Gasteiger partial charge < -0.3 is 0 Å². The van der Waals surface area contributed by atoms with E-state index in [1.54, 1.807) is 0 Å². The van der Waals surface area contributed by atoms with Gasteiger partial charge >= 0.3 is 0 Å². The van der Waals surface area contributed by atoms with Crippen LogP contribution in [0.25, 0.3) is 0 Å². The molecule has 0 N–H and O–H groups in total. The molecule has 0 aliphatic carbocycles. The number of aryl methyl sites for hydroxylation is 1. The van der Waals surface area contributed by atoms with Gasteiger partial charge in [-0.1, -0.05) is 36.4 Å². The van der Waals surface area contributed by atoms with Crippen molar-refractivity contribution in [3.63, 3.8) is 0 Å². The lowest BCUT2D eigenvalue weighted by molar-refractivity contribution is 0.590. The Kier molecular flexibility index (Phi) is 3.77. The molecule has 0 spiro atoms. The van der Waals surface area contributed by atoms with E-state index in [2.05, 4.69) is 0 Å². The lowest BCUT2D eigenvalue weighted by Crippen LogP contribution is -2.09. The molecule has 4 heteroatoms. The zero-order valence-corrected chi connectivity index (χ0v) is 10.5. The van der Waals surface area contributed by atoms with Crippen molar-refractivity contribution in [2.45, 2.75) is 11.3 Å². The number of sulfone groups is 1. The van der Waals surface area contributed by atoms with E-state index in [-0.39, 0.29) is 10.6 Å². The highest BCUT2D eigenvalue weighted by atomic mass is 32.2. The van der Waals surface area contributed by atoms with Crippen LogP contribution in [-0.4, -0.2) is 14.2 Å². The van der Waals surface area contributed by atoms with Gasteiger partial charge in [-0.2, -0.15) is 0 Å². The van der Waals surface area contributed by atoms with Crippen LogP contribution in [0.3, 0.4) is 0 Å². The third-order valence-electron chi connectivity index (χ3n) is 2.66. The average Bonchev–Trinajstić information content (AvgIpc) is 2.38. The molecular weight excluding hydrogens is 251 g/mol. The summed E-state index contributed by atoms with van der Waals surface area (Å²) < 4.78 is 37.0. The smallest absolute Gasteiger partial charge is 0.178 e. The molecule has 0 atom stereocenters. The van der Waals surface area contributed by atoms with E-state index in [0.29, 0.717) is 6.42 Å². The maximum atomic E-state index is 13.0. The summed E-state index contributed by atoms with van der Waals surface area (Å²) in [6, 6.07) is 14.5. The summed E-state index contributed by atoms with van der Waals surface area (Å²) in [7, 11) is -3.42. The summed E-state index contributed by atoms with van der Waals surface area (Å²) >= 11 is 0. The standard InChI is InChI=1S/C14H13FO2S/c15-13-7-4-8-14(11-13)18(16,17)10-9-12-5-2-1-3-6-12/h1-8,11H,9-10H2. The van der Waals surface area contributed by atoms with Crippen molar-refractivity contribution in [3.05, 3.63) is 66.0 Å². The van der Waals surface area contributed by atoms with Crippen molar-refractivity contribution in [2.75, 3.05) is 5.75 Å². The maximum Gasteiger partial charge on any atom is 0.178 e. The van der Waals surface area contributed by atoms with Crippen LogP contribution >= 0.6 is 0 Å². The normalized spacial score (nSPS) is 11.4. The fraction of sp³-hybridized carbons (Fsp3) is 0.143. The summed E-state index contributed by atoms with van der Waals surface area (Å²) in [6.07, 6.45) is 0.430. The van der Waals surface area contributed by atoms with Crippen LogP contribution in [0.5, 0.6) is 0 Å². The lowest BCUT2D eigenvalue weighted by Gasteiger charge is -2.04. The van der Waals surface area contributed by atoms with Gasteiger partial charge in [0, 0.05) is 0 Å². The van der Waals surface area contributed by atoms with E-state index >= 15 is 0 Å². The number of rotatable bonds is 4. The van der Waals surface area contributed by atoms with Crippen molar-refractivity contribution in [1.29, 1.82) is 0 Å². The topological polar surface area (TPSA) is 34.1 Å². The monoisotopic (exact) mass is 264 g/mol. The Bertz CT molecular complexity index is 621. The molecule has 0 aliphatic heterocycles. The van der Waals surface area contributed by atoms with Gasteiger partial charge in [-0.3, -0.25) is 0 Å². The van der Waals surface area contributed by atoms with Gasteiger partial charge in [0.1, 0.15) is 5.82 Å². The molecule has 0 aromatic heterocycles. The second-order valence-electron chi connectivity index (χ2n) is 4.01. The van der Waals surface area contributed by atoms with Crippen LogP contribution in [0.15, 0.2) is 59.5 Å². The second kappa shape index (κ2) is 5.31. The van der Waals surface area contributed by atoms with Gasteiger partial charge in [-0.25, -0.2) is 12.8 Å². The van der Waals surface area contributed by atoms with Gasteiger partial charge in [0.2, 0.25) is 0 Å². The third kappa shape index (κ3) is 3.17. The molecule has 94 valence electrons. The summed E-state index contributed by atoms with van der Waals surface area (Å²) in [5.74, 6) is -0.545. The minimum absolute atomic E-state index is 0.0134. The highest BCUT2D eigenvalue weighted by Crippen LogP contribution is 2.14. The predicted molar refractivity (Wildman–Crippen MR) is 68.6 cm³/mol. The number of hydrogen-bond donors (Lipinski definition) is 0. The predicted octanol–water partition coefficient (Wildman–Crippen LogP) is 2.84. The van der Waals surface area contributed by atoms with Gasteiger partial charge in [-0.05, 0) is 30.2 Å². The van der Waals surface area contributed by atoms with E-state index in [1.807, 2.05) is 30.3 Å². The fourth-order valence-corrected chi connectivity index (χ4v) is 2.99. The summed E-state index contributed by atoms with van der Waals surface area (Å²) in [5.41, 5.74) is 0.956. The van der Waals surface area contributed by atoms with Crippen LogP contribution in [-0.2, 0) is 16.3 Å². The average molecular weight is 264 g/mol. The molecule has 2 aromatic rings. The fourth-order valence-electron chi connectivity index (χ4n) is 1.68. The molecule has 2 rings (SSSR count). The minimum Gasteiger partial charge on any atom is -0.224 e. The van der Waals surface area contributed by atoms with Crippen LogP contribution in [0.2, 0.25) is 0 Å². The summed E-state index contributed by atoms with van der Waals surface area (Å²) in [4.78, 5) is 0.0402. The van der Waals surface area contributed by atoms with Crippen LogP contribution in [0.1, 0.15) is 5.56 Å². The van der Waals surface area contributed by atoms with E-state index in [1.165, 1.54) is 18.2 Å². The largest absolute Gasteiger partial charge is 0.224 e. The van der Waals surface area contributed by atoms with Crippen LogP contribution < -0.4 is 0 Å². The van der Waals surface area contributed by atoms with Gasteiger partial charge in [0.15, 0.2) is 9.84 Å². The minimum atomic E-state index is -3.42. The van der Waals surface area contributed by atoms with Gasteiger partial charge in [-0.15, -0.1) is 0 Å². The molecule has 2 nitrogen and oxygen atoms in total. The summed E-state index contributed by atoms with van der Waals surface area (Å²) in [5, 5.41) is 0. The molecule has 0 aliphatic rings. The molecule has 0 saturated carbocycles. The SMILES string of the molecule is O=S(=O)(CCc1ccccc1)c1cccc(F)c1. The zero-order chi connectivity index (χ0) is 13.0. The second-order valence-corrected chi connectivity index (χ2v) is 6.12. The molecule has 2 aromatic carbocycles. The molecule has 0 unspecified atom stereocenters. The lowest BCUT2D eigenvalue weighted by atomic mass is 10.2. The molecule has 0 saturated heterocycles. The first-order chi connectivity index (χ1) is 8.58. The third-order valence-corrected chi connectivity index (χ3v) is 4.37. The molecule has 0 radical (unpaired) electrons. The molecule has 0 heterocycles. The van der Waals surface area contributed by atoms with Crippen molar-refractivity contribution in [1.82, 2.24) is 0 Å². The van der Waals surface area contributed by atoms with Crippen molar-refractivity contribution in [3.8, 4) is 0 Å². The van der Waals surface area contributed by atoms with E-state index < -0.39 is 15.7 Å². The van der Waals surface area contributed by atoms with Crippen LogP contribution in [0.4, 0.5) is 4.39 Å². The quantitative estimate of drug-likeness (QED) is 0.851. The van der Waals surface area contributed by atoms with Crippen molar-refractivity contribution >= 4 is 9.84 Å². The summed E-state index contributed by atoms with van der Waals surface area (Å²) in [6.45, 7) is 0. The first-order valence-electron chi connectivity index (χ1n) is 5.60. The van der Waals surface area contributed by atoms with E-state index in [9.17, 15) is 12.8 Å².